The van der Waals surface area contributed by atoms with Gasteiger partial charge >= 0.3 is 0 Å². The Hall–Kier alpha value is -2.17. The summed E-state index contributed by atoms with van der Waals surface area (Å²) in [5.74, 6) is 2.15. The fraction of sp³-hybridized carbons (Fsp3) is 0.438. The van der Waals surface area contributed by atoms with Gasteiger partial charge in [0, 0.05) is 44.1 Å². The highest BCUT2D eigenvalue weighted by Crippen LogP contribution is 2.20. The van der Waals surface area contributed by atoms with Gasteiger partial charge in [0.15, 0.2) is 0 Å². The summed E-state index contributed by atoms with van der Waals surface area (Å²) in [6.07, 6.45) is 4.48. The topological polar surface area (TPSA) is 45.2 Å². The summed E-state index contributed by atoms with van der Waals surface area (Å²) >= 11 is 0. The number of piperazine rings is 1. The molecular weight excluding hydrogens is 262 g/mol. The zero-order valence-corrected chi connectivity index (χ0v) is 12.7. The van der Waals surface area contributed by atoms with Crippen LogP contribution >= 0.6 is 0 Å². The van der Waals surface area contributed by atoms with E-state index in [9.17, 15) is 0 Å². The minimum Gasteiger partial charge on any atom is -0.353 e. The van der Waals surface area contributed by atoms with Crippen LogP contribution in [-0.2, 0) is 6.42 Å². The molecule has 0 spiro atoms. The molecule has 0 atom stereocenters. The monoisotopic (exact) mass is 283 g/mol. The van der Waals surface area contributed by atoms with Gasteiger partial charge in [-0.2, -0.15) is 0 Å². The summed E-state index contributed by atoms with van der Waals surface area (Å²) in [7, 11) is 0. The number of hydrogen-bond acceptors (Lipinski definition) is 5. The van der Waals surface area contributed by atoms with Gasteiger partial charge in [0.2, 0.25) is 0 Å². The number of aromatic nitrogens is 3. The highest BCUT2D eigenvalue weighted by Gasteiger charge is 2.20. The van der Waals surface area contributed by atoms with E-state index in [0.717, 1.165) is 49.9 Å². The highest BCUT2D eigenvalue weighted by molar-refractivity contribution is 5.49. The molecule has 0 amide bonds. The van der Waals surface area contributed by atoms with E-state index in [-0.39, 0.29) is 0 Å². The second-order valence-electron chi connectivity index (χ2n) is 5.34. The van der Waals surface area contributed by atoms with Crippen molar-refractivity contribution in [3.05, 3.63) is 42.0 Å². The van der Waals surface area contributed by atoms with Crippen LogP contribution < -0.4 is 9.80 Å². The molecule has 21 heavy (non-hydrogen) atoms. The van der Waals surface area contributed by atoms with Crippen LogP contribution in [-0.4, -0.2) is 41.1 Å². The molecule has 5 heteroatoms. The molecular formula is C16H21N5. The zero-order chi connectivity index (χ0) is 14.7. The fourth-order valence-corrected chi connectivity index (χ4v) is 2.71. The van der Waals surface area contributed by atoms with E-state index in [4.69, 9.17) is 0 Å². The number of aryl methyl sites for hydroxylation is 2. The van der Waals surface area contributed by atoms with Gasteiger partial charge in [-0.3, -0.25) is 0 Å². The number of nitrogens with zero attached hydrogens (tertiary/aromatic N) is 5. The van der Waals surface area contributed by atoms with Crippen LogP contribution in [0.25, 0.3) is 0 Å². The lowest BCUT2D eigenvalue weighted by atomic mass is 10.2. The maximum absolute atomic E-state index is 4.51. The minimum atomic E-state index is 0.947. The second-order valence-corrected chi connectivity index (χ2v) is 5.34. The molecule has 5 nitrogen and oxygen atoms in total. The van der Waals surface area contributed by atoms with Gasteiger partial charge in [-0.15, -0.1) is 0 Å². The lowest BCUT2D eigenvalue weighted by Gasteiger charge is -2.36. The predicted octanol–water partition coefficient (Wildman–Crippen LogP) is 2.07. The Morgan fingerprint density at radius 2 is 1.81 bits per heavy atom. The molecule has 0 aliphatic carbocycles. The van der Waals surface area contributed by atoms with Crippen molar-refractivity contribution in [3.8, 4) is 0 Å². The molecule has 0 N–H and O–H groups in total. The predicted molar refractivity (Wildman–Crippen MR) is 84.8 cm³/mol. The highest BCUT2D eigenvalue weighted by atomic mass is 15.3. The van der Waals surface area contributed by atoms with Gasteiger partial charge in [0.1, 0.15) is 18.0 Å². The molecule has 1 aliphatic heterocycles. The summed E-state index contributed by atoms with van der Waals surface area (Å²) in [5, 5.41) is 0. The summed E-state index contributed by atoms with van der Waals surface area (Å²) in [6.45, 7) is 8.12. The molecule has 3 heterocycles. The van der Waals surface area contributed by atoms with Crippen molar-refractivity contribution in [2.45, 2.75) is 20.3 Å². The normalized spacial score (nSPS) is 15.3. The van der Waals surface area contributed by atoms with Crippen molar-refractivity contribution >= 4 is 11.6 Å². The van der Waals surface area contributed by atoms with Crippen LogP contribution in [0, 0.1) is 6.92 Å². The van der Waals surface area contributed by atoms with E-state index in [2.05, 4.69) is 50.7 Å². The Morgan fingerprint density at radius 1 is 1.05 bits per heavy atom. The van der Waals surface area contributed by atoms with Crippen molar-refractivity contribution in [1.29, 1.82) is 0 Å². The molecule has 0 saturated carbocycles. The van der Waals surface area contributed by atoms with Crippen LogP contribution in [0.3, 0.4) is 0 Å². The SMILES string of the molecule is CCc1cc(N2CCN(c3ncccc3C)CC2)ncn1. The standard InChI is InChI=1S/C16H21N5/c1-3-14-11-15(19-12-18-14)20-7-9-21(10-8-20)16-13(2)5-4-6-17-16/h4-6,11-12H,3,7-10H2,1-2H3. The summed E-state index contributed by atoms with van der Waals surface area (Å²) in [6, 6.07) is 6.20. The van der Waals surface area contributed by atoms with E-state index in [1.165, 1.54) is 5.56 Å². The smallest absolute Gasteiger partial charge is 0.132 e. The van der Waals surface area contributed by atoms with Crippen molar-refractivity contribution < 1.29 is 0 Å². The van der Waals surface area contributed by atoms with Crippen LogP contribution in [0.2, 0.25) is 0 Å². The van der Waals surface area contributed by atoms with Gasteiger partial charge < -0.3 is 9.80 Å². The first-order valence-corrected chi connectivity index (χ1v) is 7.50. The summed E-state index contributed by atoms with van der Waals surface area (Å²) < 4.78 is 0. The Labute approximate surface area is 125 Å². The Kier molecular flexibility index (Phi) is 3.99. The summed E-state index contributed by atoms with van der Waals surface area (Å²) in [4.78, 5) is 17.9. The van der Waals surface area contributed by atoms with Crippen molar-refractivity contribution in [1.82, 2.24) is 15.0 Å². The maximum atomic E-state index is 4.51. The molecule has 0 bridgehead atoms. The van der Waals surface area contributed by atoms with Gasteiger partial charge in [-0.1, -0.05) is 13.0 Å². The van der Waals surface area contributed by atoms with Crippen LogP contribution in [0.4, 0.5) is 11.6 Å². The zero-order valence-electron chi connectivity index (χ0n) is 12.7. The van der Waals surface area contributed by atoms with Gasteiger partial charge in [-0.05, 0) is 25.0 Å². The average Bonchev–Trinajstić information content (AvgIpc) is 2.56. The lowest BCUT2D eigenvalue weighted by Crippen LogP contribution is -2.47. The number of rotatable bonds is 3. The molecule has 0 radical (unpaired) electrons. The van der Waals surface area contributed by atoms with E-state index >= 15 is 0 Å². The molecule has 0 aromatic carbocycles. The molecule has 2 aromatic heterocycles. The Morgan fingerprint density at radius 3 is 2.52 bits per heavy atom. The molecule has 110 valence electrons. The van der Waals surface area contributed by atoms with Gasteiger partial charge in [0.25, 0.3) is 0 Å². The van der Waals surface area contributed by atoms with Crippen molar-refractivity contribution in [2.24, 2.45) is 0 Å². The van der Waals surface area contributed by atoms with E-state index in [1.54, 1.807) is 6.33 Å². The third-order valence-corrected chi connectivity index (χ3v) is 3.96. The van der Waals surface area contributed by atoms with Gasteiger partial charge in [0.05, 0.1) is 0 Å². The molecule has 0 unspecified atom stereocenters. The molecule has 1 aliphatic rings. The number of pyridine rings is 1. The Bertz CT molecular complexity index is 605. The molecule has 2 aromatic rings. The van der Waals surface area contributed by atoms with Gasteiger partial charge in [-0.25, -0.2) is 15.0 Å². The van der Waals surface area contributed by atoms with Crippen LogP contribution in [0.15, 0.2) is 30.7 Å². The van der Waals surface area contributed by atoms with E-state index in [1.807, 2.05) is 12.3 Å². The number of hydrogen-bond donors (Lipinski definition) is 0. The molecule has 1 saturated heterocycles. The second kappa shape index (κ2) is 6.08. The van der Waals surface area contributed by atoms with Crippen LogP contribution in [0.1, 0.15) is 18.2 Å². The third-order valence-electron chi connectivity index (χ3n) is 3.96. The quantitative estimate of drug-likeness (QED) is 0.863. The van der Waals surface area contributed by atoms with Crippen LogP contribution in [0.5, 0.6) is 0 Å². The average molecular weight is 283 g/mol. The van der Waals surface area contributed by atoms with E-state index < -0.39 is 0 Å². The lowest BCUT2D eigenvalue weighted by molar-refractivity contribution is 0.639. The number of anilines is 2. The summed E-state index contributed by atoms with van der Waals surface area (Å²) in [5.41, 5.74) is 2.34. The first-order valence-electron chi connectivity index (χ1n) is 7.50. The van der Waals surface area contributed by atoms with Crippen molar-refractivity contribution in [2.75, 3.05) is 36.0 Å². The first-order chi connectivity index (χ1) is 10.3. The maximum Gasteiger partial charge on any atom is 0.132 e. The molecule has 1 fully saturated rings. The fourth-order valence-electron chi connectivity index (χ4n) is 2.71. The largest absolute Gasteiger partial charge is 0.353 e. The first kappa shape index (κ1) is 13.8. The van der Waals surface area contributed by atoms with Crippen molar-refractivity contribution in [3.63, 3.8) is 0 Å². The van der Waals surface area contributed by atoms with E-state index in [0.29, 0.717) is 0 Å². The molecule has 3 rings (SSSR count). The minimum absolute atomic E-state index is 0.947. The Balaban J connectivity index is 1.69. The third kappa shape index (κ3) is 2.96.